The zero-order chi connectivity index (χ0) is 18.9. The number of nitrogens with one attached hydrogen (secondary N) is 3. The van der Waals surface area contributed by atoms with Crippen LogP contribution in [-0.4, -0.2) is 11.0 Å². The van der Waals surface area contributed by atoms with Crippen molar-refractivity contribution in [1.82, 2.24) is 10.3 Å². The van der Waals surface area contributed by atoms with Crippen molar-refractivity contribution in [2.45, 2.75) is 12.7 Å². The minimum Gasteiger partial charge on any atom is -0.408 e. The summed E-state index contributed by atoms with van der Waals surface area (Å²) in [6, 6.07) is 5.89. The SMILES string of the molecule is O=C(NCc1ccc(C(F)(F)F)cc1F)Nc1cccc2oc(=O)[nH]c12. The van der Waals surface area contributed by atoms with Crippen molar-refractivity contribution in [2.24, 2.45) is 0 Å². The minimum atomic E-state index is -4.65. The fraction of sp³-hybridized carbons (Fsp3) is 0.125. The molecule has 3 rings (SSSR count). The van der Waals surface area contributed by atoms with Crippen LogP contribution in [-0.2, 0) is 12.7 Å². The summed E-state index contributed by atoms with van der Waals surface area (Å²) in [5.41, 5.74) is -0.462. The number of hydrogen-bond donors (Lipinski definition) is 3. The third kappa shape index (κ3) is 3.68. The van der Waals surface area contributed by atoms with Crippen molar-refractivity contribution >= 4 is 22.8 Å². The quantitative estimate of drug-likeness (QED) is 0.617. The molecule has 1 aromatic heterocycles. The Morgan fingerprint density at radius 1 is 1.19 bits per heavy atom. The Bertz CT molecular complexity index is 1020. The smallest absolute Gasteiger partial charge is 0.408 e. The number of rotatable bonds is 3. The number of H-pyrrole nitrogens is 1. The highest BCUT2D eigenvalue weighted by Gasteiger charge is 2.31. The standard InChI is InChI=1S/C16H11F4N3O3/c17-10-6-9(16(18,19)20)5-4-8(10)7-21-14(24)22-11-2-1-3-12-13(11)23-15(25)26-12/h1-6H,7H2,(H,23,25)(H2,21,22,24). The maximum Gasteiger partial charge on any atom is 0.417 e. The molecule has 3 N–H and O–H groups in total. The molecule has 2 amide bonds. The molecule has 0 saturated carbocycles. The molecule has 26 heavy (non-hydrogen) atoms. The number of benzene rings is 2. The highest BCUT2D eigenvalue weighted by Crippen LogP contribution is 2.30. The molecule has 0 radical (unpaired) electrons. The fourth-order valence-electron chi connectivity index (χ4n) is 2.29. The Kier molecular flexibility index (Phi) is 4.41. The van der Waals surface area contributed by atoms with Gasteiger partial charge in [0, 0.05) is 12.1 Å². The maximum atomic E-state index is 13.7. The van der Waals surface area contributed by atoms with Crippen LogP contribution in [0.25, 0.3) is 11.1 Å². The molecule has 1 heterocycles. The lowest BCUT2D eigenvalue weighted by Crippen LogP contribution is -2.28. The van der Waals surface area contributed by atoms with Gasteiger partial charge in [-0.2, -0.15) is 13.2 Å². The van der Waals surface area contributed by atoms with E-state index < -0.39 is 29.3 Å². The monoisotopic (exact) mass is 369 g/mol. The molecule has 0 bridgehead atoms. The highest BCUT2D eigenvalue weighted by atomic mass is 19.4. The second kappa shape index (κ2) is 6.54. The van der Waals surface area contributed by atoms with Crippen molar-refractivity contribution in [2.75, 3.05) is 5.32 Å². The predicted octanol–water partition coefficient (Wildman–Crippen LogP) is 3.60. The average Bonchev–Trinajstić information content (AvgIpc) is 2.94. The van der Waals surface area contributed by atoms with Crippen molar-refractivity contribution < 1.29 is 26.8 Å². The van der Waals surface area contributed by atoms with Crippen LogP contribution >= 0.6 is 0 Å². The first-order valence-electron chi connectivity index (χ1n) is 7.26. The number of halogens is 4. The molecule has 3 aromatic rings. The van der Waals surface area contributed by atoms with E-state index in [1.807, 2.05) is 0 Å². The number of aromatic nitrogens is 1. The summed E-state index contributed by atoms with van der Waals surface area (Å²) in [6.45, 7) is -0.326. The lowest BCUT2D eigenvalue weighted by molar-refractivity contribution is -0.137. The summed E-state index contributed by atoms with van der Waals surface area (Å²) in [5, 5.41) is 4.77. The van der Waals surface area contributed by atoms with Crippen LogP contribution in [0.4, 0.5) is 28.0 Å². The van der Waals surface area contributed by atoms with Crippen LogP contribution in [0.3, 0.4) is 0 Å². The number of carbonyl (C=O) groups is 1. The third-order valence-electron chi connectivity index (χ3n) is 3.52. The minimum absolute atomic E-state index is 0.108. The maximum absolute atomic E-state index is 13.7. The average molecular weight is 369 g/mol. The number of carbonyl (C=O) groups excluding carboxylic acids is 1. The van der Waals surface area contributed by atoms with E-state index in [-0.39, 0.29) is 28.9 Å². The van der Waals surface area contributed by atoms with E-state index in [0.29, 0.717) is 6.07 Å². The molecular weight excluding hydrogens is 358 g/mol. The predicted molar refractivity (Wildman–Crippen MR) is 84.1 cm³/mol. The Hall–Kier alpha value is -3.30. The number of amides is 2. The Morgan fingerprint density at radius 2 is 1.96 bits per heavy atom. The van der Waals surface area contributed by atoms with Crippen LogP contribution < -0.4 is 16.4 Å². The first kappa shape index (κ1) is 17.5. The first-order chi connectivity index (χ1) is 12.2. The normalized spacial score (nSPS) is 11.5. The van der Waals surface area contributed by atoms with Gasteiger partial charge in [0.2, 0.25) is 0 Å². The Balaban J connectivity index is 1.68. The van der Waals surface area contributed by atoms with Gasteiger partial charge in [0.1, 0.15) is 11.3 Å². The van der Waals surface area contributed by atoms with Gasteiger partial charge in [0.15, 0.2) is 5.58 Å². The molecule has 6 nitrogen and oxygen atoms in total. The summed E-state index contributed by atoms with van der Waals surface area (Å²) < 4.78 is 56.1. The molecule has 0 aliphatic rings. The van der Waals surface area contributed by atoms with Gasteiger partial charge in [0.05, 0.1) is 11.3 Å². The van der Waals surface area contributed by atoms with Gasteiger partial charge in [-0.3, -0.25) is 4.98 Å². The van der Waals surface area contributed by atoms with Crippen molar-refractivity contribution in [3.63, 3.8) is 0 Å². The lowest BCUT2D eigenvalue weighted by Gasteiger charge is -2.11. The summed E-state index contributed by atoms with van der Waals surface area (Å²) in [7, 11) is 0. The number of hydrogen-bond acceptors (Lipinski definition) is 3. The number of anilines is 1. The lowest BCUT2D eigenvalue weighted by atomic mass is 10.1. The second-order valence-electron chi connectivity index (χ2n) is 5.30. The number of urea groups is 1. The van der Waals surface area contributed by atoms with Crippen LogP contribution in [0.2, 0.25) is 0 Å². The van der Waals surface area contributed by atoms with Gasteiger partial charge in [-0.25, -0.2) is 14.0 Å². The van der Waals surface area contributed by atoms with Crippen molar-refractivity contribution in [3.8, 4) is 0 Å². The zero-order valence-corrected chi connectivity index (χ0v) is 12.9. The van der Waals surface area contributed by atoms with Gasteiger partial charge in [0.25, 0.3) is 0 Å². The highest BCUT2D eigenvalue weighted by molar-refractivity contribution is 5.97. The molecule has 0 spiro atoms. The summed E-state index contributed by atoms with van der Waals surface area (Å²) in [4.78, 5) is 25.5. The molecule has 10 heteroatoms. The number of alkyl halides is 3. The molecule has 0 aliphatic carbocycles. The van der Waals surface area contributed by atoms with E-state index >= 15 is 0 Å². The van der Waals surface area contributed by atoms with Gasteiger partial charge < -0.3 is 15.1 Å². The molecule has 0 aliphatic heterocycles. The van der Waals surface area contributed by atoms with Crippen LogP contribution in [0.1, 0.15) is 11.1 Å². The topological polar surface area (TPSA) is 87.1 Å². The molecule has 0 atom stereocenters. The van der Waals surface area contributed by atoms with E-state index in [9.17, 15) is 27.2 Å². The largest absolute Gasteiger partial charge is 0.417 e. The summed E-state index contributed by atoms with van der Waals surface area (Å²) in [5.74, 6) is -1.78. The van der Waals surface area contributed by atoms with Gasteiger partial charge in [-0.1, -0.05) is 12.1 Å². The summed E-state index contributed by atoms with van der Waals surface area (Å²) in [6.07, 6.45) is -4.65. The van der Waals surface area contributed by atoms with Crippen molar-refractivity contribution in [1.29, 1.82) is 0 Å². The Labute approximate surface area is 142 Å². The van der Waals surface area contributed by atoms with E-state index in [4.69, 9.17) is 4.42 Å². The zero-order valence-electron chi connectivity index (χ0n) is 12.9. The number of para-hydroxylation sites is 1. The van der Waals surface area contributed by atoms with Crippen LogP contribution in [0, 0.1) is 5.82 Å². The molecule has 0 unspecified atom stereocenters. The summed E-state index contributed by atoms with van der Waals surface area (Å²) >= 11 is 0. The molecule has 136 valence electrons. The molecule has 0 saturated heterocycles. The first-order valence-corrected chi connectivity index (χ1v) is 7.26. The van der Waals surface area contributed by atoms with Crippen LogP contribution in [0.15, 0.2) is 45.6 Å². The van der Waals surface area contributed by atoms with Crippen molar-refractivity contribution in [3.05, 3.63) is 63.9 Å². The number of aromatic amines is 1. The van der Waals surface area contributed by atoms with Gasteiger partial charge >= 0.3 is 18.0 Å². The van der Waals surface area contributed by atoms with E-state index in [1.54, 1.807) is 6.07 Å². The number of fused-ring (bicyclic) bond motifs is 1. The third-order valence-corrected chi connectivity index (χ3v) is 3.52. The molecule has 2 aromatic carbocycles. The molecular formula is C16H11F4N3O3. The van der Waals surface area contributed by atoms with E-state index in [2.05, 4.69) is 15.6 Å². The second-order valence-corrected chi connectivity index (χ2v) is 5.30. The number of oxazole rings is 1. The van der Waals surface area contributed by atoms with Gasteiger partial charge in [-0.05, 0) is 24.3 Å². The van der Waals surface area contributed by atoms with E-state index in [1.165, 1.54) is 12.1 Å². The Morgan fingerprint density at radius 3 is 2.65 bits per heavy atom. The van der Waals surface area contributed by atoms with Crippen LogP contribution in [0.5, 0.6) is 0 Å². The van der Waals surface area contributed by atoms with Gasteiger partial charge in [-0.15, -0.1) is 0 Å². The van der Waals surface area contributed by atoms with E-state index in [0.717, 1.165) is 12.1 Å². The fourth-order valence-corrected chi connectivity index (χ4v) is 2.29. The molecule has 0 fully saturated rings.